The Morgan fingerprint density at radius 2 is 1.92 bits per heavy atom. The molecule has 0 radical (unpaired) electrons. The van der Waals surface area contributed by atoms with E-state index in [1.165, 1.54) is 5.56 Å². The van der Waals surface area contributed by atoms with Crippen LogP contribution in [0.5, 0.6) is 0 Å². The normalized spacial score (nSPS) is 16.0. The minimum absolute atomic E-state index is 0.0780. The van der Waals surface area contributed by atoms with Gasteiger partial charge in [0.25, 0.3) is 0 Å². The molecule has 1 heterocycles. The van der Waals surface area contributed by atoms with E-state index in [9.17, 15) is 4.79 Å². The number of benzene rings is 2. The minimum Gasteiger partial charge on any atom is -0.399 e. The lowest BCUT2D eigenvalue weighted by molar-refractivity contribution is -0.121. The molecule has 1 saturated heterocycles. The monoisotopic (exact) mass is 387 g/mol. The van der Waals surface area contributed by atoms with Crippen molar-refractivity contribution in [3.8, 4) is 0 Å². The van der Waals surface area contributed by atoms with Crippen LogP contribution in [-0.2, 0) is 11.3 Å². The second kappa shape index (κ2) is 7.81. The molecule has 126 valence electrons. The molecule has 1 aliphatic rings. The van der Waals surface area contributed by atoms with E-state index in [-0.39, 0.29) is 11.8 Å². The summed E-state index contributed by atoms with van der Waals surface area (Å²) in [5, 5.41) is 3.03. The molecule has 1 fully saturated rings. The van der Waals surface area contributed by atoms with E-state index >= 15 is 0 Å². The Bertz CT molecular complexity index is 711. The van der Waals surface area contributed by atoms with Crippen LogP contribution in [0.2, 0.25) is 0 Å². The first-order valence-electron chi connectivity index (χ1n) is 8.24. The Balaban J connectivity index is 1.51. The number of rotatable bonds is 4. The van der Waals surface area contributed by atoms with Gasteiger partial charge >= 0.3 is 0 Å². The number of hydrogen-bond acceptors (Lipinski definition) is 3. The van der Waals surface area contributed by atoms with E-state index in [2.05, 4.69) is 32.2 Å². The molecule has 0 aromatic heterocycles. The number of carbonyl (C=O) groups excluding carboxylic acids is 1. The fourth-order valence-corrected chi connectivity index (χ4v) is 3.48. The number of nitrogens with two attached hydrogens (primary N) is 1. The van der Waals surface area contributed by atoms with Crippen molar-refractivity contribution in [1.82, 2.24) is 4.90 Å². The van der Waals surface area contributed by atoms with E-state index in [0.717, 1.165) is 48.3 Å². The van der Waals surface area contributed by atoms with Gasteiger partial charge in [0.15, 0.2) is 0 Å². The number of hydrogen-bond donors (Lipinski definition) is 2. The van der Waals surface area contributed by atoms with Gasteiger partial charge in [0, 0.05) is 22.6 Å². The van der Waals surface area contributed by atoms with Crippen molar-refractivity contribution in [3.05, 3.63) is 58.6 Å². The van der Waals surface area contributed by atoms with Crippen LogP contribution in [-0.4, -0.2) is 23.9 Å². The Labute approximate surface area is 151 Å². The van der Waals surface area contributed by atoms with Gasteiger partial charge in [-0.3, -0.25) is 9.69 Å². The van der Waals surface area contributed by atoms with Gasteiger partial charge in [-0.1, -0.05) is 24.3 Å². The molecule has 0 spiro atoms. The number of nitrogens with zero attached hydrogens (tertiary/aromatic N) is 1. The molecule has 5 heteroatoms. The number of halogens is 1. The topological polar surface area (TPSA) is 58.4 Å². The molecule has 3 N–H and O–H groups in total. The molecule has 0 unspecified atom stereocenters. The zero-order valence-corrected chi connectivity index (χ0v) is 15.1. The van der Waals surface area contributed by atoms with Crippen molar-refractivity contribution in [1.29, 1.82) is 0 Å². The van der Waals surface area contributed by atoms with Crippen LogP contribution in [0.1, 0.15) is 18.4 Å². The van der Waals surface area contributed by atoms with Gasteiger partial charge in [-0.25, -0.2) is 0 Å². The van der Waals surface area contributed by atoms with E-state index in [4.69, 9.17) is 5.73 Å². The van der Waals surface area contributed by atoms with Crippen molar-refractivity contribution in [2.75, 3.05) is 24.1 Å². The van der Waals surface area contributed by atoms with Gasteiger partial charge in [0.1, 0.15) is 0 Å². The van der Waals surface area contributed by atoms with E-state index in [1.54, 1.807) is 0 Å². The van der Waals surface area contributed by atoms with Gasteiger partial charge in [-0.2, -0.15) is 0 Å². The smallest absolute Gasteiger partial charge is 0.227 e. The molecule has 24 heavy (non-hydrogen) atoms. The minimum atomic E-state index is 0.0780. The first-order valence-corrected chi connectivity index (χ1v) is 9.03. The SMILES string of the molecule is Nc1cccc(CN2CCC(C(=O)Nc3ccccc3Br)CC2)c1. The Morgan fingerprint density at radius 1 is 1.17 bits per heavy atom. The quantitative estimate of drug-likeness (QED) is 0.782. The highest BCUT2D eigenvalue weighted by Gasteiger charge is 2.25. The highest BCUT2D eigenvalue weighted by molar-refractivity contribution is 9.10. The van der Waals surface area contributed by atoms with Crippen molar-refractivity contribution < 1.29 is 4.79 Å². The molecule has 4 nitrogen and oxygen atoms in total. The molecule has 0 bridgehead atoms. The van der Waals surface area contributed by atoms with Crippen molar-refractivity contribution >= 4 is 33.2 Å². The number of amides is 1. The van der Waals surface area contributed by atoms with Crippen LogP contribution in [0.3, 0.4) is 0 Å². The van der Waals surface area contributed by atoms with E-state index in [0.29, 0.717) is 0 Å². The Morgan fingerprint density at radius 3 is 2.62 bits per heavy atom. The van der Waals surface area contributed by atoms with Crippen LogP contribution in [0.15, 0.2) is 53.0 Å². The fourth-order valence-electron chi connectivity index (χ4n) is 3.10. The van der Waals surface area contributed by atoms with Crippen LogP contribution in [0.4, 0.5) is 11.4 Å². The third-order valence-corrected chi connectivity index (χ3v) is 5.14. The number of nitrogens with one attached hydrogen (secondary N) is 1. The lowest BCUT2D eigenvalue weighted by atomic mass is 9.95. The first-order chi connectivity index (χ1) is 11.6. The van der Waals surface area contributed by atoms with Crippen LogP contribution < -0.4 is 11.1 Å². The fraction of sp³-hybridized carbons (Fsp3) is 0.316. The summed E-state index contributed by atoms with van der Waals surface area (Å²) in [5.74, 6) is 0.194. The van der Waals surface area contributed by atoms with Crippen LogP contribution >= 0.6 is 15.9 Å². The Kier molecular flexibility index (Phi) is 5.53. The van der Waals surface area contributed by atoms with Crippen molar-refractivity contribution in [2.45, 2.75) is 19.4 Å². The van der Waals surface area contributed by atoms with Gasteiger partial charge in [0.05, 0.1) is 5.69 Å². The highest BCUT2D eigenvalue weighted by atomic mass is 79.9. The first kappa shape index (κ1) is 17.0. The predicted octanol–water partition coefficient (Wildman–Crippen LogP) is 3.88. The molecule has 2 aromatic rings. The highest BCUT2D eigenvalue weighted by Crippen LogP contribution is 2.25. The average Bonchev–Trinajstić information content (AvgIpc) is 2.57. The number of nitrogen functional groups attached to an aromatic ring is 1. The number of piperidine rings is 1. The molecule has 3 rings (SSSR count). The maximum Gasteiger partial charge on any atom is 0.227 e. The van der Waals surface area contributed by atoms with Crippen molar-refractivity contribution in [3.63, 3.8) is 0 Å². The summed E-state index contributed by atoms with van der Waals surface area (Å²) in [6.07, 6.45) is 1.78. The maximum absolute atomic E-state index is 12.5. The van der Waals surface area contributed by atoms with Crippen LogP contribution in [0.25, 0.3) is 0 Å². The molecule has 1 aliphatic heterocycles. The summed E-state index contributed by atoms with van der Waals surface area (Å²) in [7, 11) is 0. The second-order valence-corrected chi connectivity index (χ2v) is 7.12. The zero-order valence-electron chi connectivity index (χ0n) is 13.5. The summed E-state index contributed by atoms with van der Waals surface area (Å²) in [6, 6.07) is 15.7. The van der Waals surface area contributed by atoms with Crippen LogP contribution in [0, 0.1) is 5.92 Å². The number of likely N-dealkylation sites (tertiary alicyclic amines) is 1. The predicted molar refractivity (Wildman–Crippen MR) is 102 cm³/mol. The molecule has 2 aromatic carbocycles. The summed E-state index contributed by atoms with van der Waals surface area (Å²) in [4.78, 5) is 14.8. The lowest BCUT2D eigenvalue weighted by Gasteiger charge is -2.31. The molecular weight excluding hydrogens is 366 g/mol. The number of carbonyl (C=O) groups is 1. The summed E-state index contributed by atoms with van der Waals surface area (Å²) >= 11 is 3.47. The molecular formula is C19H22BrN3O. The molecule has 0 saturated carbocycles. The largest absolute Gasteiger partial charge is 0.399 e. The van der Waals surface area contributed by atoms with E-state index in [1.807, 2.05) is 42.5 Å². The maximum atomic E-state index is 12.5. The van der Waals surface area contributed by atoms with Gasteiger partial charge < -0.3 is 11.1 Å². The number of anilines is 2. The molecule has 0 aliphatic carbocycles. The third kappa shape index (κ3) is 4.36. The summed E-state index contributed by atoms with van der Waals surface area (Å²) in [6.45, 7) is 2.76. The Hall–Kier alpha value is -1.85. The van der Waals surface area contributed by atoms with Gasteiger partial charge in [-0.15, -0.1) is 0 Å². The second-order valence-electron chi connectivity index (χ2n) is 6.26. The van der Waals surface area contributed by atoms with E-state index < -0.39 is 0 Å². The van der Waals surface area contributed by atoms with Gasteiger partial charge in [0.2, 0.25) is 5.91 Å². The third-order valence-electron chi connectivity index (χ3n) is 4.45. The zero-order chi connectivity index (χ0) is 16.9. The summed E-state index contributed by atoms with van der Waals surface area (Å²) in [5.41, 5.74) is 8.70. The standard InChI is InChI=1S/C19H22BrN3O/c20-17-6-1-2-7-18(17)22-19(24)15-8-10-23(11-9-15)13-14-4-3-5-16(21)12-14/h1-7,12,15H,8-11,13,21H2,(H,22,24). The lowest BCUT2D eigenvalue weighted by Crippen LogP contribution is -2.37. The number of para-hydroxylation sites is 1. The van der Waals surface area contributed by atoms with Gasteiger partial charge in [-0.05, 0) is 71.7 Å². The molecule has 0 atom stereocenters. The molecule has 1 amide bonds. The summed E-state index contributed by atoms with van der Waals surface area (Å²) < 4.78 is 0.914. The van der Waals surface area contributed by atoms with Crippen molar-refractivity contribution in [2.24, 2.45) is 5.92 Å². The average molecular weight is 388 g/mol.